The van der Waals surface area contributed by atoms with E-state index in [-0.39, 0.29) is 17.6 Å². The number of nitrogens with zero attached hydrogens (tertiary/aromatic N) is 4. The van der Waals surface area contributed by atoms with Gasteiger partial charge in [0, 0.05) is 28.0 Å². The van der Waals surface area contributed by atoms with Crippen molar-refractivity contribution in [3.63, 3.8) is 0 Å². The molecular formula is C31H28BrN5O2. The molecule has 196 valence electrons. The molecule has 4 atom stereocenters. The summed E-state index contributed by atoms with van der Waals surface area (Å²) >= 11 is 3.55. The number of ketones is 1. The number of fused-ring (bicyclic) bond motifs is 3. The van der Waals surface area contributed by atoms with Crippen molar-refractivity contribution >= 4 is 21.7 Å². The standard InChI is InChI=1S/C31H28BrN5O2/c1-17-25-13-12-24-27(19-4-6-20(7-5-19)28-26(32)16-34-37-28)35-18(2)36-30(24)31(25,14-21(15-33)29(17)38)22-8-10-23(39-3)11-9-22/h4-11,16-17,21,25H,12-14H2,1-3H3,(H,34,37)/t17-,21?,25-,31-/m0/s1. The number of nitrogens with one attached hydrogen (secondary N) is 1. The van der Waals surface area contributed by atoms with Crippen molar-refractivity contribution in [2.75, 3.05) is 7.11 Å². The molecule has 2 aliphatic carbocycles. The lowest BCUT2D eigenvalue weighted by Crippen LogP contribution is -2.53. The lowest BCUT2D eigenvalue weighted by Gasteiger charge is -2.51. The van der Waals surface area contributed by atoms with Gasteiger partial charge in [-0.2, -0.15) is 10.4 Å². The minimum absolute atomic E-state index is 0.0396. The second-order valence-electron chi connectivity index (χ2n) is 10.5. The quantitative estimate of drug-likeness (QED) is 0.307. The average molecular weight is 583 g/mol. The Bertz CT molecular complexity index is 1610. The van der Waals surface area contributed by atoms with E-state index in [1.54, 1.807) is 13.3 Å². The highest BCUT2D eigenvalue weighted by Gasteiger charge is 2.56. The van der Waals surface area contributed by atoms with E-state index < -0.39 is 11.3 Å². The summed E-state index contributed by atoms with van der Waals surface area (Å²) in [6.07, 6.45) is 3.76. The van der Waals surface area contributed by atoms with Crippen LogP contribution in [-0.2, 0) is 16.6 Å². The Kier molecular flexibility index (Phi) is 6.35. The van der Waals surface area contributed by atoms with Gasteiger partial charge in [0.05, 0.1) is 40.9 Å². The smallest absolute Gasteiger partial charge is 0.153 e. The van der Waals surface area contributed by atoms with Gasteiger partial charge in [0.1, 0.15) is 17.5 Å². The van der Waals surface area contributed by atoms with E-state index in [0.717, 1.165) is 62.4 Å². The van der Waals surface area contributed by atoms with Gasteiger partial charge in [-0.25, -0.2) is 9.97 Å². The lowest BCUT2D eigenvalue weighted by atomic mass is 9.50. The van der Waals surface area contributed by atoms with Crippen molar-refractivity contribution in [2.45, 2.75) is 38.5 Å². The van der Waals surface area contributed by atoms with E-state index in [1.807, 2.05) is 26.0 Å². The maximum Gasteiger partial charge on any atom is 0.153 e. The van der Waals surface area contributed by atoms with Crippen LogP contribution in [0.3, 0.4) is 0 Å². The van der Waals surface area contributed by atoms with Gasteiger partial charge >= 0.3 is 0 Å². The zero-order valence-electron chi connectivity index (χ0n) is 22.0. The molecule has 1 unspecified atom stereocenters. The average Bonchev–Trinajstić information content (AvgIpc) is 3.40. The number of methoxy groups -OCH3 is 1. The van der Waals surface area contributed by atoms with Gasteiger partial charge in [0.25, 0.3) is 0 Å². The number of aromatic amines is 1. The maximum absolute atomic E-state index is 13.2. The van der Waals surface area contributed by atoms with Crippen molar-refractivity contribution in [3.05, 3.63) is 81.8 Å². The summed E-state index contributed by atoms with van der Waals surface area (Å²) < 4.78 is 6.35. The molecular weight excluding hydrogens is 554 g/mol. The topological polar surface area (TPSA) is 105 Å². The summed E-state index contributed by atoms with van der Waals surface area (Å²) in [5, 5.41) is 17.2. The second-order valence-corrected chi connectivity index (χ2v) is 11.4. The normalized spacial score (nSPS) is 24.0. The predicted molar refractivity (Wildman–Crippen MR) is 151 cm³/mol. The summed E-state index contributed by atoms with van der Waals surface area (Å²) in [5.41, 5.74) is 6.41. The minimum atomic E-state index is -0.685. The molecule has 0 amide bonds. The number of hydrogen-bond donors (Lipinski definition) is 1. The molecule has 0 saturated heterocycles. The molecule has 0 aliphatic heterocycles. The van der Waals surface area contributed by atoms with E-state index in [9.17, 15) is 10.1 Å². The van der Waals surface area contributed by atoms with Gasteiger partial charge in [-0.05, 0) is 65.7 Å². The number of nitriles is 1. The number of halogens is 1. The van der Waals surface area contributed by atoms with Crippen LogP contribution < -0.4 is 4.74 Å². The van der Waals surface area contributed by atoms with Crippen molar-refractivity contribution in [3.8, 4) is 34.3 Å². The number of Topliss-reactive ketones (excluding diaryl/α,β-unsaturated/α-hetero) is 1. The lowest BCUT2D eigenvalue weighted by molar-refractivity contribution is -0.131. The van der Waals surface area contributed by atoms with Crippen LogP contribution in [0.15, 0.2) is 59.2 Å². The Morgan fingerprint density at radius 2 is 1.82 bits per heavy atom. The van der Waals surface area contributed by atoms with Gasteiger partial charge in [0.15, 0.2) is 5.78 Å². The number of benzene rings is 2. The first kappa shape index (κ1) is 25.4. The molecule has 0 spiro atoms. The molecule has 1 fully saturated rings. The number of rotatable bonds is 4. The fourth-order valence-corrected chi connectivity index (χ4v) is 7.18. The number of hydrogen-bond acceptors (Lipinski definition) is 6. The number of ether oxygens (including phenoxy) is 1. The largest absolute Gasteiger partial charge is 0.497 e. The molecule has 1 N–H and O–H groups in total. The first-order chi connectivity index (χ1) is 18.9. The molecule has 2 heterocycles. The molecule has 2 aliphatic rings. The fourth-order valence-electron chi connectivity index (χ4n) is 6.76. The highest BCUT2D eigenvalue weighted by atomic mass is 79.9. The first-order valence-corrected chi connectivity index (χ1v) is 13.9. The third-order valence-corrected chi connectivity index (χ3v) is 9.20. The molecule has 6 rings (SSSR count). The molecule has 39 heavy (non-hydrogen) atoms. The SMILES string of the molecule is COc1ccc([C@@]23CC(C#N)C(=O)[C@@H](C)[C@@H]2CCc2c(-c4ccc(-c5[nH]ncc5Br)cc4)nc(C)nc23)cc1. The number of carbonyl (C=O) groups is 1. The molecule has 4 aromatic rings. The summed E-state index contributed by atoms with van der Waals surface area (Å²) in [7, 11) is 1.65. The molecule has 2 aromatic carbocycles. The highest BCUT2D eigenvalue weighted by molar-refractivity contribution is 9.10. The number of aromatic nitrogens is 4. The van der Waals surface area contributed by atoms with Crippen molar-refractivity contribution in [1.82, 2.24) is 20.2 Å². The number of aryl methyl sites for hydroxylation is 1. The summed E-state index contributed by atoms with van der Waals surface area (Å²) in [4.78, 5) is 23.2. The highest BCUT2D eigenvalue weighted by Crippen LogP contribution is 2.56. The van der Waals surface area contributed by atoms with E-state index in [4.69, 9.17) is 14.7 Å². The molecule has 0 radical (unpaired) electrons. The van der Waals surface area contributed by atoms with E-state index >= 15 is 0 Å². The van der Waals surface area contributed by atoms with Crippen molar-refractivity contribution in [2.24, 2.45) is 17.8 Å². The van der Waals surface area contributed by atoms with Gasteiger partial charge in [0.2, 0.25) is 0 Å². The number of H-pyrrole nitrogens is 1. The van der Waals surface area contributed by atoms with Gasteiger partial charge in [-0.15, -0.1) is 0 Å². The van der Waals surface area contributed by atoms with Crippen LogP contribution in [0.2, 0.25) is 0 Å². The molecule has 8 heteroatoms. The van der Waals surface area contributed by atoms with E-state index in [0.29, 0.717) is 12.2 Å². The monoisotopic (exact) mass is 581 g/mol. The van der Waals surface area contributed by atoms with E-state index in [2.05, 4.69) is 68.6 Å². The van der Waals surface area contributed by atoms with Crippen LogP contribution in [0, 0.1) is 36.0 Å². The Hall–Kier alpha value is -3.83. The van der Waals surface area contributed by atoms with Crippen LogP contribution >= 0.6 is 15.9 Å². The summed E-state index contributed by atoms with van der Waals surface area (Å²) in [6.45, 7) is 3.91. The predicted octanol–water partition coefficient (Wildman–Crippen LogP) is 6.21. The third-order valence-electron chi connectivity index (χ3n) is 8.60. The molecule has 0 bridgehead atoms. The van der Waals surface area contributed by atoms with Crippen LogP contribution in [0.4, 0.5) is 0 Å². The van der Waals surface area contributed by atoms with Crippen LogP contribution in [-0.4, -0.2) is 33.1 Å². The third kappa shape index (κ3) is 3.99. The fraction of sp³-hybridized carbons (Fsp3) is 0.323. The summed E-state index contributed by atoms with van der Waals surface area (Å²) in [6, 6.07) is 18.7. The Morgan fingerprint density at radius 3 is 2.46 bits per heavy atom. The number of carbonyl (C=O) groups excluding carboxylic acids is 1. The first-order valence-electron chi connectivity index (χ1n) is 13.1. The van der Waals surface area contributed by atoms with Gasteiger partial charge in [-0.3, -0.25) is 9.89 Å². The van der Waals surface area contributed by atoms with Gasteiger partial charge in [-0.1, -0.05) is 43.3 Å². The summed E-state index contributed by atoms with van der Waals surface area (Å²) in [5.74, 6) is 0.595. The van der Waals surface area contributed by atoms with E-state index in [1.165, 1.54) is 0 Å². The van der Waals surface area contributed by atoms with Crippen LogP contribution in [0.25, 0.3) is 22.5 Å². The minimum Gasteiger partial charge on any atom is -0.497 e. The zero-order chi connectivity index (χ0) is 27.3. The molecule has 7 nitrogen and oxygen atoms in total. The van der Waals surface area contributed by atoms with Crippen molar-refractivity contribution in [1.29, 1.82) is 5.26 Å². The molecule has 2 aromatic heterocycles. The Morgan fingerprint density at radius 1 is 1.10 bits per heavy atom. The molecule has 1 saturated carbocycles. The van der Waals surface area contributed by atoms with Crippen LogP contribution in [0.5, 0.6) is 5.75 Å². The Balaban J connectivity index is 1.55. The second kappa shape index (κ2) is 9.73. The maximum atomic E-state index is 13.2. The zero-order valence-corrected chi connectivity index (χ0v) is 23.6. The Labute approximate surface area is 235 Å². The van der Waals surface area contributed by atoms with Crippen LogP contribution in [0.1, 0.15) is 42.4 Å². The van der Waals surface area contributed by atoms with Gasteiger partial charge < -0.3 is 4.74 Å². The van der Waals surface area contributed by atoms with Crippen molar-refractivity contribution < 1.29 is 9.53 Å².